The molecule has 8 heterocycles. The van der Waals surface area contributed by atoms with E-state index in [-0.39, 0.29) is 17.9 Å². The maximum atomic E-state index is 16.0. The molecule has 0 aromatic carbocycles. The molecule has 0 spiro atoms. The van der Waals surface area contributed by atoms with E-state index < -0.39 is 99.1 Å². The van der Waals surface area contributed by atoms with Crippen LogP contribution in [-0.2, 0) is 48.7 Å². The first kappa shape index (κ1) is 31.3. The number of carbonyl (C=O) groups excluding carboxylic acids is 1. The smallest absolute Gasteiger partial charge is 0.382 e. The molecule has 4 bridgehead atoms. The van der Waals surface area contributed by atoms with Gasteiger partial charge in [0.2, 0.25) is 0 Å². The highest BCUT2D eigenvalue weighted by Crippen LogP contribution is 2.59. The maximum Gasteiger partial charge on any atom is 0.472 e. The van der Waals surface area contributed by atoms with Crippen LogP contribution in [-0.4, -0.2) is 125 Å². The molecule has 5 saturated heterocycles. The second-order valence-electron chi connectivity index (χ2n) is 11.3. The first-order chi connectivity index (χ1) is 21.8. The topological polar surface area (TPSA) is 265 Å². The van der Waals surface area contributed by atoms with E-state index in [1.165, 1.54) is 28.5 Å². The number of amides is 1. The van der Waals surface area contributed by atoms with Crippen LogP contribution in [0.3, 0.4) is 0 Å². The second kappa shape index (κ2) is 11.0. The van der Waals surface area contributed by atoms with E-state index >= 15 is 4.39 Å². The molecular weight excluding hydrogens is 697 g/mol. The Morgan fingerprint density at radius 1 is 1.20 bits per heavy atom. The molecular formula is C21H27FN10O10P2S2. The van der Waals surface area contributed by atoms with Gasteiger partial charge in [0.05, 0.1) is 37.7 Å². The highest BCUT2D eigenvalue weighted by molar-refractivity contribution is 8.07. The lowest BCUT2D eigenvalue weighted by molar-refractivity contribution is -0.183. The van der Waals surface area contributed by atoms with Crippen LogP contribution < -0.4 is 22.1 Å². The van der Waals surface area contributed by atoms with Crippen LogP contribution in [0.15, 0.2) is 17.6 Å². The number of nitrogens with two attached hydrogens (primary N) is 2. The van der Waals surface area contributed by atoms with E-state index in [1.54, 1.807) is 0 Å². The highest BCUT2D eigenvalue weighted by Gasteiger charge is 2.66. The summed E-state index contributed by atoms with van der Waals surface area (Å²) in [5, 5.41) is 3.44. The number of rotatable bonds is 2. The Balaban J connectivity index is 1.10. The van der Waals surface area contributed by atoms with Crippen molar-refractivity contribution in [2.24, 2.45) is 10.7 Å². The average Bonchev–Trinajstić information content (AvgIpc) is 3.80. The molecule has 6 aliphatic heterocycles. The number of ether oxygens (including phenoxy) is 2. The fraction of sp³-hybridized carbons (Fsp3) is 0.667. The zero-order valence-electron chi connectivity index (χ0n) is 23.2. The molecule has 0 saturated carbocycles. The first-order valence-corrected chi connectivity index (χ1v) is 18.8. The number of nitrogens with zero attached hydrogens (tertiary/aromatic N) is 6. The molecule has 0 radical (unpaired) electrons. The fourth-order valence-corrected chi connectivity index (χ4v) is 10.5. The number of nitrogens with one attached hydrogen (secondary N) is 2. The van der Waals surface area contributed by atoms with Crippen LogP contribution in [0.4, 0.5) is 10.2 Å². The van der Waals surface area contributed by atoms with Crippen molar-refractivity contribution < 1.29 is 51.1 Å². The minimum atomic E-state index is -4.91. The van der Waals surface area contributed by atoms with Crippen molar-refractivity contribution in [3.05, 3.63) is 12.7 Å². The van der Waals surface area contributed by atoms with Gasteiger partial charge in [0, 0.05) is 0 Å². The Bertz CT molecular complexity index is 1710. The standard InChI is InChI=1S/C21H27FN10O10P2S2/c22-8-7-1-38-43(34,35)42-13-12-18(31-5-27-9-14(23)25-4-26-15(9)31)40-21(13,2-37-12)3-39-44(36,45)41-11(8)19(46-7)32-6-28-10-16(32)29-20(24)30-17(10)33/h4-8,10-13,16,18-20,29H,1-3,24H2,(H,30,33)(H,34,35)(H,36,45)(H2,23,25,26)/t7-,8+,10?,11-,12-,13+,16?,18-,19-,20?,21-,44?/m1/s1. The van der Waals surface area contributed by atoms with Gasteiger partial charge in [0.1, 0.15) is 59.8 Å². The van der Waals surface area contributed by atoms with Crippen molar-refractivity contribution in [2.75, 3.05) is 25.6 Å². The number of halogens is 1. The highest BCUT2D eigenvalue weighted by atomic mass is 32.5. The summed E-state index contributed by atoms with van der Waals surface area (Å²) in [7, 11) is -4.91. The number of alkyl halides is 1. The van der Waals surface area contributed by atoms with E-state index in [1.807, 2.05) is 0 Å². The van der Waals surface area contributed by atoms with Crippen molar-refractivity contribution in [1.29, 1.82) is 0 Å². The average molecular weight is 725 g/mol. The quantitative estimate of drug-likeness (QED) is 0.183. The summed E-state index contributed by atoms with van der Waals surface area (Å²) in [4.78, 5) is 52.7. The number of imidazole rings is 1. The molecule has 5 unspecified atom stereocenters. The van der Waals surface area contributed by atoms with Gasteiger partial charge in [0.25, 0.3) is 5.91 Å². The third-order valence-electron chi connectivity index (χ3n) is 8.47. The second-order valence-corrected chi connectivity index (χ2v) is 16.9. The summed E-state index contributed by atoms with van der Waals surface area (Å²) in [5.74, 6) is -0.318. The largest absolute Gasteiger partial charge is 0.472 e. The lowest BCUT2D eigenvalue weighted by Gasteiger charge is -2.39. The van der Waals surface area contributed by atoms with E-state index in [0.29, 0.717) is 5.65 Å². The number of carbonyl (C=O) groups is 1. The van der Waals surface area contributed by atoms with Crippen LogP contribution in [0.25, 0.3) is 11.2 Å². The van der Waals surface area contributed by atoms with E-state index in [4.69, 9.17) is 50.8 Å². The lowest BCUT2D eigenvalue weighted by atomic mass is 10.0. The zero-order valence-corrected chi connectivity index (χ0v) is 26.6. The molecule has 2 aromatic heterocycles. The Morgan fingerprint density at radius 3 is 2.85 bits per heavy atom. The third-order valence-corrected chi connectivity index (χ3v) is 12.5. The van der Waals surface area contributed by atoms with Gasteiger partial charge in [-0.05, 0) is 11.8 Å². The molecule has 8 rings (SSSR count). The van der Waals surface area contributed by atoms with Crippen LogP contribution in [0.2, 0.25) is 0 Å². The molecule has 25 heteroatoms. The number of aliphatic imine (C=N–C) groups is 1. The molecule has 250 valence electrons. The number of phosphoric acid groups is 1. The van der Waals surface area contributed by atoms with Crippen molar-refractivity contribution in [1.82, 2.24) is 35.1 Å². The number of thioether (sulfide) groups is 1. The van der Waals surface area contributed by atoms with Gasteiger partial charge in [-0.15, -0.1) is 11.8 Å². The van der Waals surface area contributed by atoms with Gasteiger partial charge in [-0.1, -0.05) is 0 Å². The minimum Gasteiger partial charge on any atom is -0.382 e. The Morgan fingerprint density at radius 2 is 2.02 bits per heavy atom. The first-order valence-electron chi connectivity index (χ1n) is 13.8. The number of nitrogen functional groups attached to an aromatic ring is 1. The number of phosphoric ester groups is 1. The Kier molecular flexibility index (Phi) is 7.52. The van der Waals surface area contributed by atoms with E-state index in [9.17, 15) is 19.1 Å². The molecule has 1 amide bonds. The molecule has 13 atom stereocenters. The van der Waals surface area contributed by atoms with Gasteiger partial charge in [0.15, 0.2) is 23.7 Å². The maximum absolute atomic E-state index is 16.0. The van der Waals surface area contributed by atoms with Gasteiger partial charge in [-0.25, -0.2) is 23.9 Å². The van der Waals surface area contributed by atoms with Gasteiger partial charge < -0.3 is 39.7 Å². The number of anilines is 1. The number of fused-ring (bicyclic) bond motifs is 4. The van der Waals surface area contributed by atoms with Crippen molar-refractivity contribution in [2.45, 2.75) is 65.4 Å². The van der Waals surface area contributed by atoms with Crippen LogP contribution in [0.1, 0.15) is 6.23 Å². The van der Waals surface area contributed by atoms with Gasteiger partial charge in [-0.3, -0.25) is 39.0 Å². The summed E-state index contributed by atoms with van der Waals surface area (Å²) in [6.07, 6.45) is -4.35. The molecule has 46 heavy (non-hydrogen) atoms. The molecule has 0 aliphatic carbocycles. The predicted octanol–water partition coefficient (Wildman–Crippen LogP) is -2.01. The minimum absolute atomic E-state index is 0.123. The molecule has 5 fully saturated rings. The number of hydrogen-bond acceptors (Lipinski definition) is 18. The predicted molar refractivity (Wildman–Crippen MR) is 158 cm³/mol. The number of aromatic nitrogens is 4. The molecule has 20 nitrogen and oxygen atoms in total. The summed E-state index contributed by atoms with van der Waals surface area (Å²) >= 11 is 6.31. The van der Waals surface area contributed by atoms with Crippen molar-refractivity contribution >= 4 is 67.3 Å². The fourth-order valence-electron chi connectivity index (χ4n) is 6.37. The normalized spacial score (nSPS) is 47.2. The summed E-state index contributed by atoms with van der Waals surface area (Å²) in [6, 6.07) is -0.895. The van der Waals surface area contributed by atoms with Gasteiger partial charge >= 0.3 is 14.5 Å². The SMILES string of the molecule is Nc1ncnc2c1ncn2[C@@H]1O[C@@]23CO[C@@H]1[C@@H]2OP(=O)(O)OC[C@H]1S[C@@H](N2C=NC4C(=O)NC(N)NC42)[C@H](OP(O)(=S)OC3)[C@H]1F. The van der Waals surface area contributed by atoms with Crippen LogP contribution in [0.5, 0.6) is 0 Å². The van der Waals surface area contributed by atoms with Crippen LogP contribution in [0, 0.1) is 0 Å². The number of hydrogen-bond donors (Lipinski definition) is 6. The van der Waals surface area contributed by atoms with Gasteiger partial charge in [-0.2, -0.15) is 0 Å². The summed E-state index contributed by atoms with van der Waals surface area (Å²) < 4.78 is 65.7. The van der Waals surface area contributed by atoms with Crippen molar-refractivity contribution in [3.8, 4) is 0 Å². The molecule has 8 N–H and O–H groups in total. The van der Waals surface area contributed by atoms with Crippen LogP contribution >= 0.6 is 26.3 Å². The molecule has 6 aliphatic rings. The monoisotopic (exact) mass is 724 g/mol. The summed E-state index contributed by atoms with van der Waals surface area (Å²) in [5.41, 5.74) is 10.8. The van der Waals surface area contributed by atoms with E-state index in [2.05, 4.69) is 30.6 Å². The Hall–Kier alpha value is -1.95. The zero-order chi connectivity index (χ0) is 32.2. The van der Waals surface area contributed by atoms with E-state index in [0.717, 1.165) is 11.8 Å². The Labute approximate surface area is 267 Å². The third kappa shape index (κ3) is 5.08. The summed E-state index contributed by atoms with van der Waals surface area (Å²) in [6.45, 7) is -5.60. The van der Waals surface area contributed by atoms with Crippen molar-refractivity contribution in [3.63, 3.8) is 0 Å². The molecule has 2 aromatic rings. The lowest BCUT2D eigenvalue weighted by Crippen LogP contribution is -2.70.